The van der Waals surface area contributed by atoms with Gasteiger partial charge in [-0.15, -0.1) is 0 Å². The molecule has 0 heterocycles. The van der Waals surface area contributed by atoms with E-state index in [4.69, 9.17) is 21.7 Å². The number of rotatable bonds is 10. The molecule has 2 aromatic rings. The number of ether oxygens (including phenoxy) is 1. The Bertz CT molecular complexity index is 960. The fourth-order valence-electron chi connectivity index (χ4n) is 2.56. The number of thioether (sulfide) groups is 1. The lowest BCUT2D eigenvalue weighted by Gasteiger charge is -2.12. The zero-order valence-electron chi connectivity index (χ0n) is 17.7. The van der Waals surface area contributed by atoms with E-state index in [2.05, 4.69) is 18.8 Å². The summed E-state index contributed by atoms with van der Waals surface area (Å²) in [7, 11) is 0. The monoisotopic (exact) mass is 484 g/mol. The highest BCUT2D eigenvalue weighted by Gasteiger charge is 2.35. The number of nitrogens with zero attached hydrogens (tertiary/aromatic N) is 1. The number of hydrogen-bond acceptors (Lipinski definition) is 5. The van der Waals surface area contributed by atoms with Crippen molar-refractivity contribution in [2.45, 2.75) is 26.4 Å². The van der Waals surface area contributed by atoms with E-state index in [0.29, 0.717) is 22.9 Å². The van der Waals surface area contributed by atoms with Gasteiger partial charge in [0, 0.05) is 12.2 Å². The van der Waals surface area contributed by atoms with Crippen LogP contribution >= 0.6 is 23.4 Å². The summed E-state index contributed by atoms with van der Waals surface area (Å²) in [5, 5.41) is 7.65. The average Bonchev–Trinajstić information content (AvgIpc) is 2.73. The molecule has 9 heteroatoms. The van der Waals surface area contributed by atoms with Crippen LogP contribution < -0.4 is 0 Å². The molecule has 1 N–H and O–H groups in total. The molecular weight excluding hydrogens is 461 g/mol. The van der Waals surface area contributed by atoms with Gasteiger partial charge in [-0.1, -0.05) is 49.7 Å². The van der Waals surface area contributed by atoms with E-state index in [1.807, 2.05) is 0 Å². The Morgan fingerprint density at radius 1 is 1.12 bits per heavy atom. The summed E-state index contributed by atoms with van der Waals surface area (Å²) >= 11 is 7.79. The van der Waals surface area contributed by atoms with Crippen molar-refractivity contribution in [3.05, 3.63) is 64.7 Å². The lowest BCUT2D eigenvalue weighted by molar-refractivity contribution is -0.0605. The molecule has 4 nitrogen and oxygen atoms in total. The zero-order valence-corrected chi connectivity index (χ0v) is 19.3. The fraction of sp³-hybridized carbons (Fsp3) is 0.348. The van der Waals surface area contributed by atoms with E-state index in [0.717, 1.165) is 5.75 Å². The molecule has 2 rings (SSSR count). The minimum absolute atomic E-state index is 0.0189. The maximum absolute atomic E-state index is 13.0. The van der Waals surface area contributed by atoms with Gasteiger partial charge in [-0.2, -0.15) is 24.9 Å². The first-order chi connectivity index (χ1) is 15.1. The van der Waals surface area contributed by atoms with Gasteiger partial charge in [-0.05, 0) is 41.5 Å². The standard InChI is InChI=1S/C23H24ClF3N2O2S/c1-15(2)14-32-12-11-31-22(30)17-9-7-16(8-10-17)20(13-21(28)23(25,26)27)29-19-6-4-3-5-18(19)24/h3-10,15,28H,11-14H2,1-2H3. The fourth-order valence-corrected chi connectivity index (χ4v) is 3.57. The number of nitrogens with one attached hydrogen (secondary N) is 1. The van der Waals surface area contributed by atoms with Crippen molar-refractivity contribution in [2.75, 3.05) is 18.1 Å². The average molecular weight is 485 g/mol. The van der Waals surface area contributed by atoms with Crippen molar-refractivity contribution in [3.8, 4) is 0 Å². The Kier molecular flexibility index (Phi) is 9.78. The number of alkyl halides is 3. The van der Waals surface area contributed by atoms with E-state index in [1.54, 1.807) is 36.0 Å². The molecule has 0 bridgehead atoms. The van der Waals surface area contributed by atoms with Crippen LogP contribution in [0, 0.1) is 11.3 Å². The summed E-state index contributed by atoms with van der Waals surface area (Å²) in [6, 6.07) is 12.4. The first-order valence-electron chi connectivity index (χ1n) is 9.90. The molecule has 0 radical (unpaired) electrons. The summed E-state index contributed by atoms with van der Waals surface area (Å²) in [6.45, 7) is 4.50. The predicted molar refractivity (Wildman–Crippen MR) is 125 cm³/mol. The number of carbonyl (C=O) groups is 1. The summed E-state index contributed by atoms with van der Waals surface area (Å²) in [4.78, 5) is 16.5. The molecule has 0 spiro atoms. The third-order valence-corrected chi connectivity index (χ3v) is 5.84. The normalized spacial score (nSPS) is 12.2. The summed E-state index contributed by atoms with van der Waals surface area (Å²) in [5.41, 5.74) is -0.480. The van der Waals surface area contributed by atoms with Crippen LogP contribution in [0.5, 0.6) is 0 Å². The molecule has 0 atom stereocenters. The largest absolute Gasteiger partial charge is 0.461 e. The van der Waals surface area contributed by atoms with E-state index in [-0.39, 0.29) is 22.9 Å². The van der Waals surface area contributed by atoms with Gasteiger partial charge in [-0.25, -0.2) is 4.79 Å². The molecule has 0 saturated heterocycles. The van der Waals surface area contributed by atoms with Crippen LogP contribution in [0.4, 0.5) is 18.9 Å². The SMILES string of the molecule is CC(C)CSCCOC(=O)c1ccc(C(CC(=N)C(F)(F)F)=Nc2ccccc2Cl)cc1. The second-order valence-electron chi connectivity index (χ2n) is 7.35. The lowest BCUT2D eigenvalue weighted by atomic mass is 10.0. The third-order valence-electron chi connectivity index (χ3n) is 4.16. The highest BCUT2D eigenvalue weighted by Crippen LogP contribution is 2.27. The van der Waals surface area contributed by atoms with Gasteiger partial charge in [0.2, 0.25) is 0 Å². The zero-order chi connectivity index (χ0) is 23.7. The number of benzene rings is 2. The molecular formula is C23H24ClF3N2O2S. The van der Waals surface area contributed by atoms with Crippen molar-refractivity contribution in [1.29, 1.82) is 5.41 Å². The van der Waals surface area contributed by atoms with Gasteiger partial charge in [0.1, 0.15) is 12.3 Å². The molecule has 0 aliphatic rings. The van der Waals surface area contributed by atoms with Gasteiger partial charge in [0.25, 0.3) is 0 Å². The maximum atomic E-state index is 13.0. The summed E-state index contributed by atoms with van der Waals surface area (Å²) in [6.07, 6.45) is -5.50. The van der Waals surface area contributed by atoms with Gasteiger partial charge in [0.05, 0.1) is 22.0 Å². The number of carbonyl (C=O) groups excluding carboxylic acids is 1. The summed E-state index contributed by atoms with van der Waals surface area (Å²) < 4.78 is 44.1. The Morgan fingerprint density at radius 3 is 2.34 bits per heavy atom. The lowest BCUT2D eigenvalue weighted by Crippen LogP contribution is -2.25. The number of halogens is 4. The van der Waals surface area contributed by atoms with Crippen molar-refractivity contribution >= 4 is 46.4 Å². The molecule has 32 heavy (non-hydrogen) atoms. The van der Waals surface area contributed by atoms with Gasteiger partial charge < -0.3 is 10.1 Å². The Labute approximate surface area is 194 Å². The van der Waals surface area contributed by atoms with E-state index in [1.165, 1.54) is 24.3 Å². The van der Waals surface area contributed by atoms with Crippen molar-refractivity contribution in [1.82, 2.24) is 0 Å². The Balaban J connectivity index is 2.17. The Morgan fingerprint density at radius 2 is 1.75 bits per heavy atom. The molecule has 172 valence electrons. The number of esters is 1. The van der Waals surface area contributed by atoms with Gasteiger partial charge in [-0.3, -0.25) is 4.99 Å². The number of aliphatic imine (C=N–C) groups is 1. The third kappa shape index (κ3) is 8.31. The molecule has 0 fully saturated rings. The molecule has 0 saturated carbocycles. The number of para-hydroxylation sites is 1. The van der Waals surface area contributed by atoms with Crippen LogP contribution in [0.25, 0.3) is 0 Å². The highest BCUT2D eigenvalue weighted by molar-refractivity contribution is 7.99. The highest BCUT2D eigenvalue weighted by atomic mass is 35.5. The summed E-state index contributed by atoms with van der Waals surface area (Å²) in [5.74, 6) is 1.72. The molecule has 2 aromatic carbocycles. The molecule has 0 aliphatic carbocycles. The molecule has 0 unspecified atom stereocenters. The van der Waals surface area contributed by atoms with Crippen LogP contribution in [0.15, 0.2) is 53.5 Å². The second-order valence-corrected chi connectivity index (χ2v) is 8.90. The predicted octanol–water partition coefficient (Wildman–Crippen LogP) is 6.98. The van der Waals surface area contributed by atoms with Crippen molar-refractivity contribution < 1.29 is 22.7 Å². The van der Waals surface area contributed by atoms with Crippen LogP contribution in [0.1, 0.15) is 36.2 Å². The second kappa shape index (κ2) is 12.1. The van der Waals surface area contributed by atoms with Gasteiger partial charge in [0.15, 0.2) is 0 Å². The number of hydrogen-bond donors (Lipinski definition) is 1. The van der Waals surface area contributed by atoms with E-state index in [9.17, 15) is 18.0 Å². The van der Waals surface area contributed by atoms with E-state index >= 15 is 0 Å². The molecule has 0 amide bonds. The quantitative estimate of drug-likeness (QED) is 0.225. The molecule has 0 aliphatic heterocycles. The maximum Gasteiger partial charge on any atom is 0.429 e. The van der Waals surface area contributed by atoms with E-state index < -0.39 is 24.3 Å². The first kappa shape index (κ1) is 25.9. The van der Waals surface area contributed by atoms with Crippen molar-refractivity contribution in [3.63, 3.8) is 0 Å². The topological polar surface area (TPSA) is 62.5 Å². The minimum Gasteiger partial charge on any atom is -0.461 e. The van der Waals surface area contributed by atoms with Gasteiger partial charge >= 0.3 is 12.1 Å². The minimum atomic E-state index is -4.77. The first-order valence-corrected chi connectivity index (χ1v) is 11.4. The molecule has 0 aromatic heterocycles. The Hall–Kier alpha value is -2.32. The van der Waals surface area contributed by atoms with Crippen LogP contribution in [0.3, 0.4) is 0 Å². The van der Waals surface area contributed by atoms with Crippen LogP contribution in [0.2, 0.25) is 5.02 Å². The van der Waals surface area contributed by atoms with Crippen LogP contribution in [-0.2, 0) is 4.74 Å². The smallest absolute Gasteiger partial charge is 0.429 e. The van der Waals surface area contributed by atoms with Crippen LogP contribution in [-0.4, -0.2) is 41.7 Å². The van der Waals surface area contributed by atoms with Crippen molar-refractivity contribution in [2.24, 2.45) is 10.9 Å².